The minimum Gasteiger partial charge on any atom is -0.497 e. The molecule has 2 aromatic carbocycles. The van der Waals surface area contributed by atoms with Crippen molar-refractivity contribution in [2.75, 3.05) is 17.7 Å². The Hall–Kier alpha value is -2.68. The van der Waals surface area contributed by atoms with Gasteiger partial charge in [0, 0.05) is 17.0 Å². The van der Waals surface area contributed by atoms with Gasteiger partial charge in [-0.05, 0) is 42.5 Å². The van der Waals surface area contributed by atoms with Crippen LogP contribution in [0.3, 0.4) is 0 Å². The summed E-state index contributed by atoms with van der Waals surface area (Å²) in [5.41, 5.74) is -0.179. The van der Waals surface area contributed by atoms with Crippen LogP contribution in [0.15, 0.2) is 47.4 Å². The van der Waals surface area contributed by atoms with Crippen LogP contribution >= 0.6 is 11.8 Å². The van der Waals surface area contributed by atoms with Crippen LogP contribution in [0, 0.1) is 0 Å². The summed E-state index contributed by atoms with van der Waals surface area (Å²) in [7, 11) is 1.53. The molecule has 0 aliphatic carbocycles. The van der Waals surface area contributed by atoms with E-state index in [-0.39, 0.29) is 18.0 Å². The fourth-order valence-electron chi connectivity index (χ4n) is 2.52. The van der Waals surface area contributed by atoms with Crippen LogP contribution in [0.5, 0.6) is 5.75 Å². The van der Waals surface area contributed by atoms with Gasteiger partial charge < -0.3 is 15.4 Å². The number of thioether (sulfide) groups is 1. The normalized spacial score (nSPS) is 16.3. The third kappa shape index (κ3) is 4.54. The second-order valence-corrected chi connectivity index (χ2v) is 7.03. The molecule has 2 aromatic rings. The average Bonchev–Trinajstić information content (AvgIpc) is 2.61. The molecule has 0 radical (unpaired) electrons. The quantitative estimate of drug-likeness (QED) is 0.815. The number of hydrogen-bond donors (Lipinski definition) is 2. The third-order valence-electron chi connectivity index (χ3n) is 3.87. The molecular weight excluding hydrogens is 381 g/mol. The van der Waals surface area contributed by atoms with Crippen molar-refractivity contribution < 1.29 is 27.5 Å². The molecule has 1 aliphatic heterocycles. The maximum Gasteiger partial charge on any atom is 0.416 e. The van der Waals surface area contributed by atoms with E-state index in [9.17, 15) is 22.8 Å². The summed E-state index contributed by atoms with van der Waals surface area (Å²) in [6.07, 6.45) is -4.59. The lowest BCUT2D eigenvalue weighted by molar-refractivity contribution is -0.137. The number of hydrogen-bond acceptors (Lipinski definition) is 4. The number of alkyl halides is 3. The molecule has 3 rings (SSSR count). The molecule has 0 bridgehead atoms. The first kappa shape index (κ1) is 19.1. The summed E-state index contributed by atoms with van der Waals surface area (Å²) in [5.74, 6) is -0.232. The highest BCUT2D eigenvalue weighted by Gasteiger charge is 2.34. The maximum absolute atomic E-state index is 12.8. The van der Waals surface area contributed by atoms with Crippen molar-refractivity contribution in [3.63, 3.8) is 0 Å². The lowest BCUT2D eigenvalue weighted by atomic mass is 10.1. The van der Waals surface area contributed by atoms with Crippen molar-refractivity contribution in [1.82, 2.24) is 0 Å². The van der Waals surface area contributed by atoms with Gasteiger partial charge in [0.05, 0.1) is 23.6 Å². The molecule has 2 amide bonds. The van der Waals surface area contributed by atoms with Crippen LogP contribution in [0.2, 0.25) is 0 Å². The first-order valence-electron chi connectivity index (χ1n) is 7.89. The zero-order chi connectivity index (χ0) is 19.6. The molecule has 0 saturated heterocycles. The van der Waals surface area contributed by atoms with Gasteiger partial charge in [0.1, 0.15) is 5.75 Å². The summed E-state index contributed by atoms with van der Waals surface area (Å²) in [5, 5.41) is 4.40. The number of anilines is 2. The van der Waals surface area contributed by atoms with Crippen molar-refractivity contribution in [3.05, 3.63) is 48.0 Å². The zero-order valence-electron chi connectivity index (χ0n) is 14.1. The number of halogens is 3. The van der Waals surface area contributed by atoms with E-state index in [4.69, 9.17) is 4.74 Å². The number of methoxy groups -OCH3 is 1. The second kappa shape index (κ2) is 7.51. The Morgan fingerprint density at radius 3 is 2.56 bits per heavy atom. The molecule has 27 heavy (non-hydrogen) atoms. The lowest BCUT2D eigenvalue weighted by Crippen LogP contribution is -2.32. The molecule has 9 heteroatoms. The molecule has 1 atom stereocenters. The smallest absolute Gasteiger partial charge is 0.416 e. The van der Waals surface area contributed by atoms with Gasteiger partial charge in [-0.2, -0.15) is 13.2 Å². The Morgan fingerprint density at radius 2 is 1.93 bits per heavy atom. The number of carbonyl (C=O) groups is 2. The van der Waals surface area contributed by atoms with Gasteiger partial charge >= 0.3 is 6.18 Å². The van der Waals surface area contributed by atoms with Crippen LogP contribution in [0.4, 0.5) is 24.5 Å². The van der Waals surface area contributed by atoms with Crippen LogP contribution in [0.1, 0.15) is 12.0 Å². The van der Waals surface area contributed by atoms with Crippen LogP contribution in [-0.2, 0) is 15.8 Å². The number of carbonyl (C=O) groups excluding carboxylic acids is 2. The predicted molar refractivity (Wildman–Crippen MR) is 96.0 cm³/mol. The highest BCUT2D eigenvalue weighted by atomic mass is 32.2. The minimum atomic E-state index is -4.49. The number of amides is 2. The Morgan fingerprint density at radius 1 is 1.22 bits per heavy atom. The summed E-state index contributed by atoms with van der Waals surface area (Å²) in [6, 6.07) is 9.86. The van der Waals surface area contributed by atoms with Crippen LogP contribution in [0.25, 0.3) is 0 Å². The van der Waals surface area contributed by atoms with Crippen molar-refractivity contribution in [2.24, 2.45) is 0 Å². The standard InChI is InChI=1S/C18H15F3N2O3S/c1-26-12-5-3-11(4-6-12)22-16(24)9-15-17(25)23-13-8-10(18(19,20)21)2-7-14(13)27-15/h2-8,15H,9H2,1H3,(H,22,24)(H,23,25). The van der Waals surface area contributed by atoms with Gasteiger partial charge in [-0.25, -0.2) is 0 Å². The fraction of sp³-hybridized carbons (Fsp3) is 0.222. The number of ether oxygens (including phenoxy) is 1. The van der Waals surface area contributed by atoms with Crippen molar-refractivity contribution in [1.29, 1.82) is 0 Å². The first-order chi connectivity index (χ1) is 12.8. The molecular formula is C18H15F3N2O3S. The third-order valence-corrected chi connectivity index (χ3v) is 5.15. The Kier molecular flexibility index (Phi) is 5.31. The van der Waals surface area contributed by atoms with Gasteiger partial charge in [0.25, 0.3) is 0 Å². The highest BCUT2D eigenvalue weighted by Crippen LogP contribution is 2.40. The summed E-state index contributed by atoms with van der Waals surface area (Å²) < 4.78 is 43.4. The predicted octanol–water partition coefficient (Wildman–Crippen LogP) is 4.16. The number of nitrogens with one attached hydrogen (secondary N) is 2. The molecule has 5 nitrogen and oxygen atoms in total. The van der Waals surface area contributed by atoms with Gasteiger partial charge in [-0.15, -0.1) is 11.8 Å². The fourth-order valence-corrected chi connectivity index (χ4v) is 3.61. The van der Waals surface area contributed by atoms with E-state index in [0.29, 0.717) is 16.3 Å². The van der Waals surface area contributed by atoms with Crippen molar-refractivity contribution in [2.45, 2.75) is 22.7 Å². The Labute approximate surface area is 157 Å². The maximum atomic E-state index is 12.8. The summed E-state index contributed by atoms with van der Waals surface area (Å²) >= 11 is 1.07. The molecule has 0 fully saturated rings. The monoisotopic (exact) mass is 396 g/mol. The number of rotatable bonds is 4. The molecule has 1 aliphatic rings. The molecule has 0 spiro atoms. The van der Waals surface area contributed by atoms with Gasteiger partial charge in [-0.1, -0.05) is 0 Å². The first-order valence-corrected chi connectivity index (χ1v) is 8.77. The van der Waals surface area contributed by atoms with E-state index >= 15 is 0 Å². The molecule has 1 heterocycles. The molecule has 2 N–H and O–H groups in total. The zero-order valence-corrected chi connectivity index (χ0v) is 14.9. The molecule has 0 aromatic heterocycles. The van der Waals surface area contributed by atoms with Gasteiger partial charge in [0.2, 0.25) is 11.8 Å². The van der Waals surface area contributed by atoms with Crippen molar-refractivity contribution in [3.8, 4) is 5.75 Å². The molecule has 1 unspecified atom stereocenters. The average molecular weight is 396 g/mol. The van der Waals surface area contributed by atoms with Crippen LogP contribution in [-0.4, -0.2) is 24.2 Å². The number of benzene rings is 2. The van der Waals surface area contributed by atoms with Gasteiger partial charge in [0.15, 0.2) is 0 Å². The van der Waals surface area contributed by atoms with E-state index < -0.39 is 22.9 Å². The Bertz CT molecular complexity index is 869. The van der Waals surface area contributed by atoms with E-state index in [1.807, 2.05) is 0 Å². The largest absolute Gasteiger partial charge is 0.497 e. The topological polar surface area (TPSA) is 67.4 Å². The van der Waals surface area contributed by atoms with E-state index in [1.54, 1.807) is 24.3 Å². The van der Waals surface area contributed by atoms with E-state index in [1.165, 1.54) is 13.2 Å². The van der Waals surface area contributed by atoms with Crippen LogP contribution < -0.4 is 15.4 Å². The summed E-state index contributed by atoms with van der Waals surface area (Å²) in [4.78, 5) is 24.9. The minimum absolute atomic E-state index is 0.103. The second-order valence-electron chi connectivity index (χ2n) is 5.79. The lowest BCUT2D eigenvalue weighted by Gasteiger charge is -2.24. The summed E-state index contributed by atoms with van der Waals surface area (Å²) in [6.45, 7) is 0. The highest BCUT2D eigenvalue weighted by molar-refractivity contribution is 8.01. The SMILES string of the molecule is COc1ccc(NC(=O)CC2Sc3ccc(C(F)(F)F)cc3NC2=O)cc1. The van der Waals surface area contributed by atoms with E-state index in [0.717, 1.165) is 23.9 Å². The van der Waals surface area contributed by atoms with E-state index in [2.05, 4.69) is 10.6 Å². The molecule has 0 saturated carbocycles. The number of fused-ring (bicyclic) bond motifs is 1. The Balaban J connectivity index is 1.66. The van der Waals surface area contributed by atoms with Gasteiger partial charge in [-0.3, -0.25) is 9.59 Å². The van der Waals surface area contributed by atoms with Crippen molar-refractivity contribution >= 4 is 35.0 Å². The molecule has 142 valence electrons.